The van der Waals surface area contributed by atoms with Gasteiger partial charge in [-0.25, -0.2) is 0 Å². The maximum atomic E-state index is 2.33. The molecule has 48 valence electrons. The molecule has 0 spiro atoms. The Kier molecular flexibility index (Phi) is 2.57. The van der Waals surface area contributed by atoms with Crippen LogP contribution in [0.1, 0.15) is 13.8 Å². The van der Waals surface area contributed by atoms with E-state index in [9.17, 15) is 0 Å². The van der Waals surface area contributed by atoms with Gasteiger partial charge in [0, 0.05) is 4.58 Å². The molecular formula is C6H12S2. The molecule has 0 aromatic rings. The standard InChI is InChI=1S/C6H12S2/c1-5-3-7-6(2)8-4-5/h5-6H,3-4H2,1-2H3. The van der Waals surface area contributed by atoms with E-state index in [0.29, 0.717) is 0 Å². The highest BCUT2D eigenvalue weighted by Gasteiger charge is 2.13. The molecule has 0 aromatic heterocycles. The summed E-state index contributed by atoms with van der Waals surface area (Å²) >= 11 is 4.18. The van der Waals surface area contributed by atoms with Crippen LogP contribution >= 0.6 is 23.5 Å². The van der Waals surface area contributed by atoms with Gasteiger partial charge in [0.2, 0.25) is 0 Å². The normalized spacial score (nSPS) is 39.8. The van der Waals surface area contributed by atoms with Crippen LogP contribution in [0.5, 0.6) is 0 Å². The van der Waals surface area contributed by atoms with E-state index in [1.54, 1.807) is 0 Å². The molecule has 0 bridgehead atoms. The summed E-state index contributed by atoms with van der Waals surface area (Å²) in [5, 5.41) is 0. The maximum Gasteiger partial charge on any atom is 0.0474 e. The summed E-state index contributed by atoms with van der Waals surface area (Å²) in [6, 6.07) is 0. The first-order chi connectivity index (χ1) is 3.79. The van der Waals surface area contributed by atoms with Crippen molar-refractivity contribution in [1.29, 1.82) is 0 Å². The number of hydrogen-bond acceptors (Lipinski definition) is 2. The second-order valence-electron chi connectivity index (χ2n) is 2.34. The summed E-state index contributed by atoms with van der Waals surface area (Å²) in [5.41, 5.74) is 0. The summed E-state index contributed by atoms with van der Waals surface area (Å²) < 4.78 is 0.853. The molecule has 1 heterocycles. The van der Waals surface area contributed by atoms with Crippen LogP contribution < -0.4 is 0 Å². The maximum absolute atomic E-state index is 2.33. The molecule has 0 nitrogen and oxygen atoms in total. The van der Waals surface area contributed by atoms with Crippen molar-refractivity contribution in [3.05, 3.63) is 0 Å². The topological polar surface area (TPSA) is 0 Å². The van der Waals surface area contributed by atoms with Gasteiger partial charge in [-0.05, 0) is 24.3 Å². The van der Waals surface area contributed by atoms with Crippen LogP contribution in [0.4, 0.5) is 0 Å². The lowest BCUT2D eigenvalue weighted by atomic mass is 10.3. The van der Waals surface area contributed by atoms with Crippen LogP contribution in [0.2, 0.25) is 0 Å². The molecule has 0 radical (unpaired) electrons. The van der Waals surface area contributed by atoms with Crippen molar-refractivity contribution in [3.63, 3.8) is 0 Å². The van der Waals surface area contributed by atoms with Gasteiger partial charge in [0.1, 0.15) is 0 Å². The predicted molar refractivity (Wildman–Crippen MR) is 43.5 cm³/mol. The van der Waals surface area contributed by atoms with Crippen LogP contribution in [0.3, 0.4) is 0 Å². The van der Waals surface area contributed by atoms with E-state index < -0.39 is 0 Å². The Balaban J connectivity index is 2.19. The minimum atomic E-state index is 0.853. The molecule has 0 N–H and O–H groups in total. The first-order valence-electron chi connectivity index (χ1n) is 3.02. The fourth-order valence-electron chi connectivity index (χ4n) is 0.696. The zero-order valence-electron chi connectivity index (χ0n) is 5.39. The molecule has 1 rings (SSSR count). The first-order valence-corrected chi connectivity index (χ1v) is 5.12. The monoisotopic (exact) mass is 148 g/mol. The third kappa shape index (κ3) is 1.90. The molecule has 1 aliphatic heterocycles. The molecule has 0 saturated carbocycles. The van der Waals surface area contributed by atoms with Crippen LogP contribution in [0, 0.1) is 5.92 Å². The lowest BCUT2D eigenvalue weighted by Gasteiger charge is -2.21. The summed E-state index contributed by atoms with van der Waals surface area (Å²) in [5.74, 6) is 3.68. The summed E-state index contributed by atoms with van der Waals surface area (Å²) in [6.45, 7) is 4.62. The van der Waals surface area contributed by atoms with Gasteiger partial charge in [-0.2, -0.15) is 0 Å². The number of rotatable bonds is 0. The summed E-state index contributed by atoms with van der Waals surface area (Å²) in [6.07, 6.45) is 0. The summed E-state index contributed by atoms with van der Waals surface area (Å²) in [7, 11) is 0. The number of hydrogen-bond donors (Lipinski definition) is 0. The van der Waals surface area contributed by atoms with Crippen LogP contribution in [-0.2, 0) is 0 Å². The Bertz CT molecular complexity index is 54.9. The van der Waals surface area contributed by atoms with Crippen LogP contribution in [0.25, 0.3) is 0 Å². The van der Waals surface area contributed by atoms with Gasteiger partial charge in [-0.15, -0.1) is 23.5 Å². The molecular weight excluding hydrogens is 136 g/mol. The second kappa shape index (κ2) is 3.02. The zero-order valence-corrected chi connectivity index (χ0v) is 7.02. The fraction of sp³-hybridized carbons (Fsp3) is 1.00. The van der Waals surface area contributed by atoms with Gasteiger partial charge >= 0.3 is 0 Å². The van der Waals surface area contributed by atoms with E-state index in [0.717, 1.165) is 10.5 Å². The van der Waals surface area contributed by atoms with E-state index >= 15 is 0 Å². The molecule has 0 atom stereocenters. The van der Waals surface area contributed by atoms with E-state index in [4.69, 9.17) is 0 Å². The molecule has 0 aromatic carbocycles. The Labute approximate surface area is 59.8 Å². The Hall–Kier alpha value is 0.700. The molecule has 1 saturated heterocycles. The van der Waals surface area contributed by atoms with Crippen molar-refractivity contribution < 1.29 is 0 Å². The predicted octanol–water partition coefficient (Wildman–Crippen LogP) is 2.45. The molecule has 0 aliphatic carbocycles. The van der Waals surface area contributed by atoms with Crippen LogP contribution in [0.15, 0.2) is 0 Å². The van der Waals surface area contributed by atoms with Gasteiger partial charge < -0.3 is 0 Å². The largest absolute Gasteiger partial charge is 0.148 e. The van der Waals surface area contributed by atoms with Gasteiger partial charge in [0.25, 0.3) is 0 Å². The van der Waals surface area contributed by atoms with Gasteiger partial charge in [-0.1, -0.05) is 6.92 Å². The van der Waals surface area contributed by atoms with Crippen molar-refractivity contribution in [3.8, 4) is 0 Å². The third-order valence-corrected chi connectivity index (χ3v) is 4.51. The van der Waals surface area contributed by atoms with Gasteiger partial charge in [-0.3, -0.25) is 0 Å². The molecule has 1 aliphatic rings. The van der Waals surface area contributed by atoms with E-state index in [2.05, 4.69) is 37.4 Å². The molecule has 2 heteroatoms. The third-order valence-electron chi connectivity index (χ3n) is 1.23. The Morgan fingerprint density at radius 3 is 2.00 bits per heavy atom. The van der Waals surface area contributed by atoms with Crippen molar-refractivity contribution in [1.82, 2.24) is 0 Å². The van der Waals surface area contributed by atoms with E-state index in [1.165, 1.54) is 11.5 Å². The van der Waals surface area contributed by atoms with E-state index in [1.807, 2.05) is 0 Å². The van der Waals surface area contributed by atoms with Crippen LogP contribution in [-0.4, -0.2) is 16.1 Å². The average molecular weight is 148 g/mol. The molecule has 1 fully saturated rings. The molecule has 8 heavy (non-hydrogen) atoms. The lowest BCUT2D eigenvalue weighted by molar-refractivity contribution is 0.757. The fourth-order valence-corrected chi connectivity index (χ4v) is 3.14. The van der Waals surface area contributed by atoms with Gasteiger partial charge in [0.05, 0.1) is 0 Å². The minimum absolute atomic E-state index is 0.853. The van der Waals surface area contributed by atoms with Gasteiger partial charge in [0.15, 0.2) is 0 Å². The highest BCUT2D eigenvalue weighted by Crippen LogP contribution is 2.32. The van der Waals surface area contributed by atoms with Crippen molar-refractivity contribution >= 4 is 23.5 Å². The summed E-state index contributed by atoms with van der Waals surface area (Å²) in [4.78, 5) is 0. The highest BCUT2D eigenvalue weighted by molar-refractivity contribution is 8.17. The average Bonchev–Trinajstić information content (AvgIpc) is 1.77. The molecule has 0 unspecified atom stereocenters. The smallest absolute Gasteiger partial charge is 0.0474 e. The van der Waals surface area contributed by atoms with E-state index in [-0.39, 0.29) is 0 Å². The molecule has 0 amide bonds. The zero-order chi connectivity index (χ0) is 5.98. The van der Waals surface area contributed by atoms with Crippen molar-refractivity contribution in [2.45, 2.75) is 18.4 Å². The SMILES string of the molecule is CC1CSC(C)SC1. The van der Waals surface area contributed by atoms with Crippen molar-refractivity contribution in [2.75, 3.05) is 11.5 Å². The highest BCUT2D eigenvalue weighted by atomic mass is 32.2. The lowest BCUT2D eigenvalue weighted by Crippen LogP contribution is -2.11. The minimum Gasteiger partial charge on any atom is -0.148 e. The quantitative estimate of drug-likeness (QED) is 0.517. The second-order valence-corrected chi connectivity index (χ2v) is 5.39. The Morgan fingerprint density at radius 2 is 1.62 bits per heavy atom. The number of thioether (sulfide) groups is 2. The van der Waals surface area contributed by atoms with Crippen molar-refractivity contribution in [2.24, 2.45) is 5.92 Å². The Morgan fingerprint density at radius 1 is 1.12 bits per heavy atom. The first kappa shape index (κ1) is 6.81.